The predicted molar refractivity (Wildman–Crippen MR) is 126 cm³/mol. The largest absolute Gasteiger partial charge is 0.369 e. The molecule has 0 amide bonds. The van der Waals surface area contributed by atoms with Gasteiger partial charge in [-0.3, -0.25) is 9.59 Å². The van der Waals surface area contributed by atoms with Crippen LogP contribution in [-0.2, 0) is 12.8 Å². The highest BCUT2D eigenvalue weighted by Crippen LogP contribution is 2.23. The summed E-state index contributed by atoms with van der Waals surface area (Å²) in [6, 6.07) is 20.7. The zero-order chi connectivity index (χ0) is 21.7. The van der Waals surface area contributed by atoms with Gasteiger partial charge >= 0.3 is 0 Å². The molecule has 158 valence electrons. The van der Waals surface area contributed by atoms with Crippen LogP contribution in [0.5, 0.6) is 0 Å². The minimum absolute atomic E-state index is 0.226. The molecule has 0 aromatic heterocycles. The lowest BCUT2D eigenvalue weighted by atomic mass is 10.0. The second-order valence-electron chi connectivity index (χ2n) is 8.20. The highest BCUT2D eigenvalue weighted by Gasteiger charge is 2.28. The lowest BCUT2D eigenvalue weighted by molar-refractivity contribution is 0.295. The first kappa shape index (κ1) is 21.8. The van der Waals surface area contributed by atoms with Gasteiger partial charge in [-0.25, -0.2) is 0 Å². The van der Waals surface area contributed by atoms with E-state index in [4.69, 9.17) is 0 Å². The van der Waals surface area contributed by atoms with E-state index in [9.17, 15) is 9.59 Å². The standard InChI is InChI=1S/C25H31N3O2/c1-26(2)21(17-20-13-9-6-10-14-20)18-28(4)23-22(24(29)25(23)30)27(3)16-15-19-11-7-5-8-12-19/h5-14,21H,15-18H2,1-4H3/t21-/m0/s1. The molecule has 0 bridgehead atoms. The van der Waals surface area contributed by atoms with Crippen molar-refractivity contribution in [3.63, 3.8) is 0 Å². The van der Waals surface area contributed by atoms with Crippen molar-refractivity contribution in [2.24, 2.45) is 0 Å². The Labute approximate surface area is 178 Å². The molecule has 0 saturated carbocycles. The van der Waals surface area contributed by atoms with Crippen LogP contribution in [0.1, 0.15) is 11.1 Å². The molecule has 3 aromatic rings. The summed E-state index contributed by atoms with van der Waals surface area (Å²) < 4.78 is 0. The van der Waals surface area contributed by atoms with Crippen molar-refractivity contribution >= 4 is 11.4 Å². The first-order chi connectivity index (χ1) is 14.4. The van der Waals surface area contributed by atoms with Gasteiger partial charge in [-0.15, -0.1) is 0 Å². The first-order valence-corrected chi connectivity index (χ1v) is 10.4. The maximum Gasteiger partial charge on any atom is 0.253 e. The molecule has 0 aliphatic heterocycles. The monoisotopic (exact) mass is 405 g/mol. The first-order valence-electron chi connectivity index (χ1n) is 10.4. The van der Waals surface area contributed by atoms with E-state index in [1.54, 1.807) is 0 Å². The molecule has 0 aliphatic carbocycles. The van der Waals surface area contributed by atoms with Gasteiger partial charge in [0, 0.05) is 33.2 Å². The van der Waals surface area contributed by atoms with Gasteiger partial charge in [0.05, 0.1) is 0 Å². The molecule has 5 nitrogen and oxygen atoms in total. The molecule has 0 N–H and O–H groups in total. The molecule has 0 spiro atoms. The van der Waals surface area contributed by atoms with E-state index in [-0.39, 0.29) is 16.9 Å². The molecule has 30 heavy (non-hydrogen) atoms. The Hall–Kier alpha value is -2.92. The van der Waals surface area contributed by atoms with Gasteiger partial charge in [0.1, 0.15) is 11.4 Å². The van der Waals surface area contributed by atoms with E-state index < -0.39 is 0 Å². The van der Waals surface area contributed by atoms with Crippen molar-refractivity contribution in [2.45, 2.75) is 18.9 Å². The number of benzene rings is 2. The maximum absolute atomic E-state index is 12.4. The third-order valence-electron chi connectivity index (χ3n) is 5.73. The number of hydrogen-bond donors (Lipinski definition) is 0. The van der Waals surface area contributed by atoms with Crippen LogP contribution in [-0.4, -0.2) is 52.2 Å². The predicted octanol–water partition coefficient (Wildman–Crippen LogP) is 2.57. The van der Waals surface area contributed by atoms with Crippen LogP contribution < -0.4 is 20.7 Å². The lowest BCUT2D eigenvalue weighted by Crippen LogP contribution is -2.48. The summed E-state index contributed by atoms with van der Waals surface area (Å²) in [7, 11) is 7.91. The van der Waals surface area contributed by atoms with Crippen LogP contribution in [0.3, 0.4) is 0 Å². The second kappa shape index (κ2) is 9.72. The molecule has 0 radical (unpaired) electrons. The fourth-order valence-electron chi connectivity index (χ4n) is 3.83. The molecule has 0 fully saturated rings. The molecule has 0 aliphatic rings. The third-order valence-corrected chi connectivity index (χ3v) is 5.73. The summed E-state index contributed by atoms with van der Waals surface area (Å²) >= 11 is 0. The minimum atomic E-state index is -0.378. The molecular weight excluding hydrogens is 374 g/mol. The number of hydrogen-bond acceptors (Lipinski definition) is 5. The summed E-state index contributed by atoms with van der Waals surface area (Å²) in [6.07, 6.45) is 1.71. The van der Waals surface area contributed by atoms with E-state index in [0.717, 1.165) is 12.8 Å². The van der Waals surface area contributed by atoms with Gasteiger partial charge < -0.3 is 14.7 Å². The molecule has 1 atom stereocenters. The number of rotatable bonds is 10. The zero-order valence-corrected chi connectivity index (χ0v) is 18.3. The van der Waals surface area contributed by atoms with Crippen LogP contribution in [0.2, 0.25) is 0 Å². The van der Waals surface area contributed by atoms with E-state index in [1.807, 2.05) is 60.3 Å². The van der Waals surface area contributed by atoms with Crippen molar-refractivity contribution < 1.29 is 0 Å². The summed E-state index contributed by atoms with van der Waals surface area (Å²) in [6.45, 7) is 1.36. The van der Waals surface area contributed by atoms with Gasteiger partial charge in [0.25, 0.3) is 10.9 Å². The quantitative estimate of drug-likeness (QED) is 0.485. The third kappa shape index (κ3) is 4.97. The maximum atomic E-state index is 12.4. The molecule has 0 unspecified atom stereocenters. The average molecular weight is 406 g/mol. The van der Waals surface area contributed by atoms with E-state index >= 15 is 0 Å². The Kier molecular flexibility index (Phi) is 7.06. The van der Waals surface area contributed by atoms with Gasteiger partial charge in [-0.05, 0) is 38.1 Å². The van der Waals surface area contributed by atoms with Crippen LogP contribution in [0, 0.1) is 0 Å². The van der Waals surface area contributed by atoms with Gasteiger partial charge in [-0.1, -0.05) is 60.7 Å². The smallest absolute Gasteiger partial charge is 0.253 e. The molecule has 5 heteroatoms. The van der Waals surface area contributed by atoms with Crippen LogP contribution in [0.4, 0.5) is 11.4 Å². The Bertz CT molecular complexity index is 1010. The molecule has 0 saturated heterocycles. The molecular formula is C25H31N3O2. The van der Waals surface area contributed by atoms with Crippen molar-refractivity contribution in [3.05, 3.63) is 92.2 Å². The minimum Gasteiger partial charge on any atom is -0.369 e. The molecule has 3 rings (SSSR count). The normalized spacial score (nSPS) is 12.3. The second-order valence-corrected chi connectivity index (χ2v) is 8.20. The highest BCUT2D eigenvalue weighted by molar-refractivity contribution is 5.76. The molecule has 3 aromatic carbocycles. The van der Waals surface area contributed by atoms with E-state index in [1.165, 1.54) is 11.1 Å². The van der Waals surface area contributed by atoms with Crippen LogP contribution >= 0.6 is 0 Å². The van der Waals surface area contributed by atoms with Gasteiger partial charge in [0.15, 0.2) is 0 Å². The number of likely N-dealkylation sites (N-methyl/N-ethyl adjacent to an activating group) is 3. The Morgan fingerprint density at radius 2 is 1.20 bits per heavy atom. The summed E-state index contributed by atoms with van der Waals surface area (Å²) in [4.78, 5) is 30.8. The Morgan fingerprint density at radius 1 is 0.700 bits per heavy atom. The van der Waals surface area contributed by atoms with Crippen molar-refractivity contribution in [1.29, 1.82) is 0 Å². The van der Waals surface area contributed by atoms with Crippen LogP contribution in [0.25, 0.3) is 0 Å². The van der Waals surface area contributed by atoms with Gasteiger partial charge in [0.2, 0.25) is 0 Å². The lowest BCUT2D eigenvalue weighted by Gasteiger charge is -2.33. The SMILES string of the molecule is CN(CCc1ccccc1)c1c(N(C)C[C@H](Cc2ccccc2)N(C)C)c(=O)c1=O. The van der Waals surface area contributed by atoms with E-state index in [2.05, 4.69) is 43.3 Å². The number of anilines is 2. The Balaban J connectivity index is 1.71. The fourth-order valence-corrected chi connectivity index (χ4v) is 3.83. The van der Waals surface area contributed by atoms with E-state index in [0.29, 0.717) is 24.5 Å². The molecule has 0 heterocycles. The highest BCUT2D eigenvalue weighted by atomic mass is 16.2. The average Bonchev–Trinajstić information content (AvgIpc) is 2.75. The van der Waals surface area contributed by atoms with Crippen molar-refractivity contribution in [2.75, 3.05) is 51.1 Å². The zero-order valence-electron chi connectivity index (χ0n) is 18.3. The Morgan fingerprint density at radius 3 is 1.73 bits per heavy atom. The topological polar surface area (TPSA) is 43.9 Å². The van der Waals surface area contributed by atoms with Crippen LogP contribution in [0.15, 0.2) is 70.3 Å². The summed E-state index contributed by atoms with van der Waals surface area (Å²) in [5.74, 6) is 0. The van der Waals surface area contributed by atoms with Crippen molar-refractivity contribution in [3.8, 4) is 0 Å². The number of nitrogens with zero attached hydrogens (tertiary/aromatic N) is 3. The summed E-state index contributed by atoms with van der Waals surface area (Å²) in [5.41, 5.74) is 2.79. The van der Waals surface area contributed by atoms with Gasteiger partial charge in [-0.2, -0.15) is 0 Å². The fraction of sp³-hybridized carbons (Fsp3) is 0.360. The van der Waals surface area contributed by atoms with Crippen molar-refractivity contribution in [1.82, 2.24) is 4.90 Å². The summed E-state index contributed by atoms with van der Waals surface area (Å²) in [5, 5.41) is 0.